The number of carbonyl (C=O) groups excluding carboxylic acids is 1. The molecule has 1 aromatic heterocycles. The van der Waals surface area contributed by atoms with Gasteiger partial charge in [0.1, 0.15) is 23.7 Å². The van der Waals surface area contributed by atoms with Crippen molar-refractivity contribution in [3.63, 3.8) is 0 Å². The van der Waals surface area contributed by atoms with Gasteiger partial charge in [-0.05, 0) is 31.0 Å². The Balaban J connectivity index is 1.64. The normalized spacial score (nSPS) is 20.9. The Morgan fingerprint density at radius 2 is 2.33 bits per heavy atom. The number of nitrogens with zero attached hydrogens (tertiary/aromatic N) is 3. The van der Waals surface area contributed by atoms with Crippen LogP contribution in [0.3, 0.4) is 0 Å². The lowest BCUT2D eigenvalue weighted by Gasteiger charge is -2.38. The van der Waals surface area contributed by atoms with Gasteiger partial charge in [0.25, 0.3) is 5.91 Å². The van der Waals surface area contributed by atoms with Crippen LogP contribution in [0.5, 0.6) is 5.75 Å². The molecule has 6 nitrogen and oxygen atoms in total. The average Bonchev–Trinajstić information content (AvgIpc) is 2.99. The highest BCUT2D eigenvalue weighted by Crippen LogP contribution is 2.25. The number of hydrogen-bond donors (Lipinski definition) is 1. The van der Waals surface area contributed by atoms with Gasteiger partial charge in [0.15, 0.2) is 0 Å². The quantitative estimate of drug-likeness (QED) is 0.918. The molecular formula is C17H20ClN3O3. The van der Waals surface area contributed by atoms with Crippen molar-refractivity contribution in [1.82, 2.24) is 14.5 Å². The third-order valence-electron chi connectivity index (χ3n) is 4.07. The molecule has 1 unspecified atom stereocenters. The first-order chi connectivity index (χ1) is 11.5. The molecule has 1 aromatic carbocycles. The molecular weight excluding hydrogens is 330 g/mol. The summed E-state index contributed by atoms with van der Waals surface area (Å²) < 4.78 is 7.40. The summed E-state index contributed by atoms with van der Waals surface area (Å²) in [6.07, 6.45) is 4.57. The topological polar surface area (TPSA) is 67.6 Å². The zero-order valence-corrected chi connectivity index (χ0v) is 14.2. The number of amides is 1. The summed E-state index contributed by atoms with van der Waals surface area (Å²) in [7, 11) is 1.81. The Labute approximate surface area is 145 Å². The number of likely N-dealkylation sites (tertiary alicyclic amines) is 1. The highest BCUT2D eigenvalue weighted by atomic mass is 35.5. The number of aryl methyl sites for hydroxylation is 1. The van der Waals surface area contributed by atoms with Crippen LogP contribution in [-0.4, -0.2) is 50.8 Å². The van der Waals surface area contributed by atoms with Crippen LogP contribution in [0.2, 0.25) is 5.02 Å². The van der Waals surface area contributed by atoms with Crippen LogP contribution in [0.25, 0.3) is 0 Å². The molecule has 2 aromatic rings. The minimum absolute atomic E-state index is 0.110. The van der Waals surface area contributed by atoms with E-state index in [9.17, 15) is 9.90 Å². The number of β-amino-alcohol motifs (C(OH)–C–C–N with tert-alkyl or cyclic N) is 1. The third kappa shape index (κ3) is 3.88. The van der Waals surface area contributed by atoms with Crippen molar-refractivity contribution in [3.8, 4) is 5.75 Å². The molecule has 0 radical (unpaired) electrons. The van der Waals surface area contributed by atoms with Crippen molar-refractivity contribution in [1.29, 1.82) is 0 Å². The number of halogens is 1. The number of ether oxygens (including phenoxy) is 1. The maximum Gasteiger partial charge on any atom is 0.274 e. The largest absolute Gasteiger partial charge is 0.490 e. The molecule has 1 atom stereocenters. The van der Waals surface area contributed by atoms with Gasteiger partial charge in [-0.25, -0.2) is 4.98 Å². The lowest BCUT2D eigenvalue weighted by atomic mass is 9.93. The lowest BCUT2D eigenvalue weighted by molar-refractivity contribution is -0.0532. The number of aliphatic hydroxyl groups is 1. The van der Waals surface area contributed by atoms with E-state index >= 15 is 0 Å². The summed E-state index contributed by atoms with van der Waals surface area (Å²) in [5, 5.41) is 11.4. The van der Waals surface area contributed by atoms with Crippen molar-refractivity contribution < 1.29 is 14.6 Å². The number of carbonyl (C=O) groups is 1. The van der Waals surface area contributed by atoms with Gasteiger partial charge in [-0.3, -0.25) is 4.79 Å². The average molecular weight is 350 g/mol. The summed E-state index contributed by atoms with van der Waals surface area (Å²) in [4.78, 5) is 18.2. The van der Waals surface area contributed by atoms with Gasteiger partial charge in [0.05, 0.1) is 12.9 Å². The van der Waals surface area contributed by atoms with Crippen molar-refractivity contribution in [3.05, 3.63) is 47.5 Å². The van der Waals surface area contributed by atoms with E-state index in [1.165, 1.54) is 0 Å². The number of rotatable bonds is 4. The van der Waals surface area contributed by atoms with Gasteiger partial charge in [-0.2, -0.15) is 0 Å². The van der Waals surface area contributed by atoms with Crippen LogP contribution in [0.1, 0.15) is 23.3 Å². The number of benzene rings is 1. The van der Waals surface area contributed by atoms with E-state index < -0.39 is 5.60 Å². The summed E-state index contributed by atoms with van der Waals surface area (Å²) in [5.74, 6) is 0.431. The SMILES string of the molecule is Cn1cnc(C(=O)N2CCCC(O)(COc3cccc(Cl)c3)C2)c1. The van der Waals surface area contributed by atoms with Crippen molar-refractivity contribution >= 4 is 17.5 Å². The maximum atomic E-state index is 12.5. The molecule has 1 fully saturated rings. The van der Waals surface area contributed by atoms with Crippen molar-refractivity contribution in [2.45, 2.75) is 18.4 Å². The van der Waals surface area contributed by atoms with E-state index in [2.05, 4.69) is 4.98 Å². The Bertz CT molecular complexity index is 733. The van der Waals surface area contributed by atoms with E-state index in [1.807, 2.05) is 7.05 Å². The Hall–Kier alpha value is -2.05. The minimum Gasteiger partial charge on any atom is -0.490 e. The fourth-order valence-electron chi connectivity index (χ4n) is 2.86. The van der Waals surface area contributed by atoms with Gasteiger partial charge in [0, 0.05) is 24.8 Å². The first-order valence-corrected chi connectivity index (χ1v) is 8.21. The molecule has 1 aliphatic heterocycles. The highest BCUT2D eigenvalue weighted by Gasteiger charge is 2.36. The summed E-state index contributed by atoms with van der Waals surface area (Å²) >= 11 is 5.93. The number of hydrogen-bond acceptors (Lipinski definition) is 4. The van der Waals surface area contributed by atoms with Crippen LogP contribution in [0.15, 0.2) is 36.8 Å². The number of aromatic nitrogens is 2. The van der Waals surface area contributed by atoms with Gasteiger partial charge < -0.3 is 19.3 Å². The predicted molar refractivity (Wildman–Crippen MR) is 90.2 cm³/mol. The fraction of sp³-hybridized carbons (Fsp3) is 0.412. The van der Waals surface area contributed by atoms with E-state index in [0.29, 0.717) is 35.9 Å². The van der Waals surface area contributed by atoms with Crippen LogP contribution < -0.4 is 4.74 Å². The predicted octanol–water partition coefficient (Wildman–Crippen LogP) is 2.12. The summed E-state index contributed by atoms with van der Waals surface area (Å²) in [5.41, 5.74) is -0.692. The Kier molecular flexibility index (Phi) is 4.78. The minimum atomic E-state index is -1.08. The number of piperidine rings is 1. The van der Waals surface area contributed by atoms with Gasteiger partial charge >= 0.3 is 0 Å². The molecule has 1 aliphatic rings. The monoisotopic (exact) mass is 349 g/mol. The molecule has 1 amide bonds. The molecule has 0 spiro atoms. The van der Waals surface area contributed by atoms with Gasteiger partial charge in [-0.1, -0.05) is 17.7 Å². The molecule has 3 rings (SSSR count). The standard InChI is InChI=1S/C17H20ClN3O3/c1-20-9-15(19-12-20)16(22)21-7-3-6-17(23,10-21)11-24-14-5-2-4-13(18)8-14/h2,4-5,8-9,12,23H,3,6-7,10-11H2,1H3. The van der Waals surface area contributed by atoms with Crippen LogP contribution in [0.4, 0.5) is 0 Å². The van der Waals surface area contributed by atoms with Gasteiger partial charge in [0.2, 0.25) is 0 Å². The third-order valence-corrected chi connectivity index (χ3v) is 4.31. The van der Waals surface area contributed by atoms with E-state index in [1.54, 1.807) is 46.3 Å². The first-order valence-electron chi connectivity index (χ1n) is 7.83. The van der Waals surface area contributed by atoms with Crippen molar-refractivity contribution in [2.24, 2.45) is 7.05 Å². The van der Waals surface area contributed by atoms with E-state index in [-0.39, 0.29) is 19.1 Å². The molecule has 0 saturated carbocycles. The van der Waals surface area contributed by atoms with Crippen LogP contribution in [-0.2, 0) is 7.05 Å². The second-order valence-corrected chi connectivity index (χ2v) is 6.66. The highest BCUT2D eigenvalue weighted by molar-refractivity contribution is 6.30. The maximum absolute atomic E-state index is 12.5. The zero-order valence-electron chi connectivity index (χ0n) is 13.5. The molecule has 1 N–H and O–H groups in total. The summed E-state index contributed by atoms with van der Waals surface area (Å²) in [6.45, 7) is 0.942. The molecule has 24 heavy (non-hydrogen) atoms. The zero-order chi connectivity index (χ0) is 17.2. The Morgan fingerprint density at radius 1 is 1.50 bits per heavy atom. The van der Waals surface area contributed by atoms with E-state index in [0.717, 1.165) is 0 Å². The van der Waals surface area contributed by atoms with Crippen molar-refractivity contribution in [2.75, 3.05) is 19.7 Å². The first kappa shape index (κ1) is 16.8. The second kappa shape index (κ2) is 6.83. The molecule has 0 aliphatic carbocycles. The molecule has 1 saturated heterocycles. The van der Waals surface area contributed by atoms with E-state index in [4.69, 9.17) is 16.3 Å². The molecule has 7 heteroatoms. The number of imidazole rings is 1. The molecule has 2 heterocycles. The molecule has 128 valence electrons. The molecule has 0 bridgehead atoms. The van der Waals surface area contributed by atoms with Crippen LogP contribution in [0, 0.1) is 0 Å². The van der Waals surface area contributed by atoms with Crippen LogP contribution >= 0.6 is 11.6 Å². The second-order valence-electron chi connectivity index (χ2n) is 6.23. The Morgan fingerprint density at radius 3 is 3.04 bits per heavy atom. The van der Waals surface area contributed by atoms with Gasteiger partial charge in [-0.15, -0.1) is 0 Å². The summed E-state index contributed by atoms with van der Waals surface area (Å²) in [6, 6.07) is 7.04. The fourth-order valence-corrected chi connectivity index (χ4v) is 3.04. The lowest BCUT2D eigenvalue weighted by Crippen LogP contribution is -2.53. The smallest absolute Gasteiger partial charge is 0.274 e.